The lowest BCUT2D eigenvalue weighted by molar-refractivity contribution is 0.211. The molecule has 0 fully saturated rings. The highest BCUT2D eigenvalue weighted by molar-refractivity contribution is 5.28. The van der Waals surface area contributed by atoms with Crippen molar-refractivity contribution in [3.8, 4) is 0 Å². The van der Waals surface area contributed by atoms with E-state index in [1.54, 1.807) is 12.4 Å². The maximum absolute atomic E-state index is 10.0. The van der Waals surface area contributed by atoms with Crippen molar-refractivity contribution in [1.29, 1.82) is 0 Å². The zero-order valence-electron chi connectivity index (χ0n) is 8.64. The van der Waals surface area contributed by atoms with E-state index < -0.39 is 6.10 Å². The minimum Gasteiger partial charge on any atom is -0.380 e. The number of aliphatic hydroxyl groups is 1. The van der Waals surface area contributed by atoms with Crippen molar-refractivity contribution in [3.63, 3.8) is 0 Å². The van der Waals surface area contributed by atoms with E-state index in [9.17, 15) is 5.11 Å². The highest BCUT2D eigenvalue weighted by Crippen LogP contribution is 2.19. The van der Waals surface area contributed by atoms with E-state index in [-0.39, 0.29) is 0 Å². The standard InChI is InChI=1S/C12H14N2O/c1-2-9-4-3-5-10(8-9)11(15)12-13-6-7-14-12/h3-8,11,15H,2H2,1H3,(H,13,14). The summed E-state index contributed by atoms with van der Waals surface area (Å²) in [6.07, 6.45) is 3.66. The van der Waals surface area contributed by atoms with Gasteiger partial charge in [-0.1, -0.05) is 31.2 Å². The monoisotopic (exact) mass is 202 g/mol. The van der Waals surface area contributed by atoms with Gasteiger partial charge in [-0.25, -0.2) is 4.98 Å². The molecule has 1 unspecified atom stereocenters. The number of hydrogen-bond donors (Lipinski definition) is 2. The summed E-state index contributed by atoms with van der Waals surface area (Å²) in [6.45, 7) is 2.10. The Hall–Kier alpha value is -1.61. The van der Waals surface area contributed by atoms with Gasteiger partial charge in [0, 0.05) is 12.4 Å². The van der Waals surface area contributed by atoms with Crippen molar-refractivity contribution in [1.82, 2.24) is 9.97 Å². The Morgan fingerprint density at radius 3 is 3.00 bits per heavy atom. The van der Waals surface area contributed by atoms with E-state index >= 15 is 0 Å². The number of H-pyrrole nitrogens is 1. The van der Waals surface area contributed by atoms with E-state index in [4.69, 9.17) is 0 Å². The van der Waals surface area contributed by atoms with Crippen molar-refractivity contribution in [2.24, 2.45) is 0 Å². The molecule has 0 aliphatic rings. The third kappa shape index (κ3) is 2.07. The minimum atomic E-state index is -0.661. The smallest absolute Gasteiger partial charge is 0.139 e. The van der Waals surface area contributed by atoms with Crippen LogP contribution < -0.4 is 0 Å². The maximum atomic E-state index is 10.0. The number of nitrogens with zero attached hydrogens (tertiary/aromatic N) is 1. The lowest BCUT2D eigenvalue weighted by Gasteiger charge is -2.09. The van der Waals surface area contributed by atoms with Gasteiger partial charge < -0.3 is 10.1 Å². The fourth-order valence-electron chi connectivity index (χ4n) is 1.57. The highest BCUT2D eigenvalue weighted by atomic mass is 16.3. The van der Waals surface area contributed by atoms with Crippen LogP contribution in [-0.4, -0.2) is 15.1 Å². The van der Waals surface area contributed by atoms with Crippen molar-refractivity contribution >= 4 is 0 Å². The first-order chi connectivity index (χ1) is 7.31. The average Bonchev–Trinajstić information content (AvgIpc) is 2.81. The first kappa shape index (κ1) is 9.93. The topological polar surface area (TPSA) is 48.9 Å². The summed E-state index contributed by atoms with van der Waals surface area (Å²) in [5.74, 6) is 0.586. The molecule has 0 saturated carbocycles. The molecule has 15 heavy (non-hydrogen) atoms. The molecule has 2 N–H and O–H groups in total. The highest BCUT2D eigenvalue weighted by Gasteiger charge is 2.12. The molecule has 0 spiro atoms. The van der Waals surface area contributed by atoms with E-state index in [0.29, 0.717) is 5.82 Å². The Bertz CT molecular complexity index is 423. The quantitative estimate of drug-likeness (QED) is 0.800. The third-order valence-electron chi connectivity index (χ3n) is 2.45. The molecule has 3 nitrogen and oxygen atoms in total. The lowest BCUT2D eigenvalue weighted by Crippen LogP contribution is -2.02. The molecule has 0 aliphatic carbocycles. The normalized spacial score (nSPS) is 12.7. The van der Waals surface area contributed by atoms with Gasteiger partial charge in [0.15, 0.2) is 0 Å². The van der Waals surface area contributed by atoms with Gasteiger partial charge in [0.2, 0.25) is 0 Å². The maximum Gasteiger partial charge on any atom is 0.139 e. The molecule has 2 aromatic rings. The van der Waals surface area contributed by atoms with E-state index in [1.165, 1.54) is 5.56 Å². The zero-order valence-corrected chi connectivity index (χ0v) is 8.64. The number of nitrogens with one attached hydrogen (secondary N) is 1. The third-order valence-corrected chi connectivity index (χ3v) is 2.45. The van der Waals surface area contributed by atoms with Crippen LogP contribution in [0, 0.1) is 0 Å². The first-order valence-corrected chi connectivity index (χ1v) is 5.07. The van der Waals surface area contributed by atoms with Crippen LogP contribution >= 0.6 is 0 Å². The van der Waals surface area contributed by atoms with Gasteiger partial charge in [0.25, 0.3) is 0 Å². The van der Waals surface area contributed by atoms with Gasteiger partial charge in [0.05, 0.1) is 0 Å². The number of benzene rings is 1. The van der Waals surface area contributed by atoms with Gasteiger partial charge in [0.1, 0.15) is 11.9 Å². The van der Waals surface area contributed by atoms with Crippen molar-refractivity contribution in [2.45, 2.75) is 19.4 Å². The number of aryl methyl sites for hydroxylation is 1. The van der Waals surface area contributed by atoms with E-state index in [2.05, 4.69) is 23.0 Å². The number of aliphatic hydroxyl groups excluding tert-OH is 1. The molecule has 0 aliphatic heterocycles. The largest absolute Gasteiger partial charge is 0.380 e. The second kappa shape index (κ2) is 4.28. The SMILES string of the molecule is CCc1cccc(C(O)c2ncc[nH]2)c1. The van der Waals surface area contributed by atoms with Gasteiger partial charge >= 0.3 is 0 Å². The molecule has 3 heteroatoms. The van der Waals surface area contributed by atoms with Crippen LogP contribution in [0.1, 0.15) is 30.0 Å². The van der Waals surface area contributed by atoms with Crippen LogP contribution in [-0.2, 0) is 6.42 Å². The van der Waals surface area contributed by atoms with Crippen molar-refractivity contribution in [3.05, 3.63) is 53.6 Å². The minimum absolute atomic E-state index is 0.586. The van der Waals surface area contributed by atoms with Gasteiger partial charge in [-0.15, -0.1) is 0 Å². The Labute approximate surface area is 88.8 Å². The first-order valence-electron chi connectivity index (χ1n) is 5.07. The summed E-state index contributed by atoms with van der Waals surface area (Å²) in [4.78, 5) is 6.95. The molecule has 0 radical (unpaired) electrons. The second-order valence-corrected chi connectivity index (χ2v) is 3.48. The van der Waals surface area contributed by atoms with Crippen molar-refractivity contribution < 1.29 is 5.11 Å². The Balaban J connectivity index is 2.29. The predicted octanol–water partition coefficient (Wildman–Crippen LogP) is 2.05. The van der Waals surface area contributed by atoms with Crippen LogP contribution in [0.2, 0.25) is 0 Å². The fraction of sp³-hybridized carbons (Fsp3) is 0.250. The van der Waals surface area contributed by atoms with Gasteiger partial charge in [-0.05, 0) is 17.5 Å². The van der Waals surface area contributed by atoms with E-state index in [0.717, 1.165) is 12.0 Å². The molecule has 0 saturated heterocycles. The Morgan fingerprint density at radius 2 is 2.33 bits per heavy atom. The second-order valence-electron chi connectivity index (χ2n) is 3.48. The van der Waals surface area contributed by atoms with Crippen LogP contribution in [0.3, 0.4) is 0 Å². The molecule has 0 amide bonds. The summed E-state index contributed by atoms with van der Waals surface area (Å²) in [5.41, 5.74) is 2.10. The summed E-state index contributed by atoms with van der Waals surface area (Å²) in [5, 5.41) is 10.0. The molecule has 1 aromatic carbocycles. The summed E-state index contributed by atoms with van der Waals surface area (Å²) in [6, 6.07) is 7.93. The van der Waals surface area contributed by atoms with Gasteiger partial charge in [-0.3, -0.25) is 0 Å². The fourth-order valence-corrected chi connectivity index (χ4v) is 1.57. The molecule has 1 heterocycles. The van der Waals surface area contributed by atoms with Crippen LogP contribution in [0.25, 0.3) is 0 Å². The molecule has 0 bridgehead atoms. The summed E-state index contributed by atoms with van der Waals surface area (Å²) >= 11 is 0. The Morgan fingerprint density at radius 1 is 1.47 bits per heavy atom. The van der Waals surface area contributed by atoms with Crippen LogP contribution in [0.15, 0.2) is 36.7 Å². The Kier molecular flexibility index (Phi) is 2.83. The van der Waals surface area contributed by atoms with Crippen LogP contribution in [0.5, 0.6) is 0 Å². The lowest BCUT2D eigenvalue weighted by atomic mass is 10.0. The van der Waals surface area contributed by atoms with Gasteiger partial charge in [-0.2, -0.15) is 0 Å². The number of aromatic amines is 1. The number of imidazole rings is 1. The number of rotatable bonds is 3. The van der Waals surface area contributed by atoms with Crippen LogP contribution in [0.4, 0.5) is 0 Å². The summed E-state index contributed by atoms with van der Waals surface area (Å²) in [7, 11) is 0. The molecule has 78 valence electrons. The molecule has 1 atom stereocenters. The molecule has 2 rings (SSSR count). The molecular weight excluding hydrogens is 188 g/mol. The summed E-state index contributed by atoms with van der Waals surface area (Å²) < 4.78 is 0. The predicted molar refractivity (Wildman–Crippen MR) is 58.5 cm³/mol. The average molecular weight is 202 g/mol. The van der Waals surface area contributed by atoms with Crippen molar-refractivity contribution in [2.75, 3.05) is 0 Å². The zero-order chi connectivity index (χ0) is 10.7. The number of hydrogen-bond acceptors (Lipinski definition) is 2. The molecule has 1 aromatic heterocycles. The van der Waals surface area contributed by atoms with E-state index in [1.807, 2.05) is 18.2 Å². The number of aromatic nitrogens is 2. The molecular formula is C12H14N2O.